The van der Waals surface area contributed by atoms with Crippen molar-refractivity contribution < 1.29 is 17.5 Å². The summed E-state index contributed by atoms with van der Waals surface area (Å²) in [5.41, 5.74) is 2.46. The van der Waals surface area contributed by atoms with E-state index in [-0.39, 0.29) is 4.90 Å². The molecule has 0 saturated heterocycles. The van der Waals surface area contributed by atoms with Crippen LogP contribution in [-0.4, -0.2) is 30.5 Å². The van der Waals surface area contributed by atoms with E-state index in [1.807, 2.05) is 40.9 Å². The molecular formula is C24H24FN3O3S. The number of halogens is 1. The van der Waals surface area contributed by atoms with Gasteiger partial charge in [0.05, 0.1) is 12.8 Å². The van der Waals surface area contributed by atoms with Crippen LogP contribution in [0.25, 0.3) is 28.0 Å². The number of hydrogen-bond acceptors (Lipinski definition) is 4. The summed E-state index contributed by atoms with van der Waals surface area (Å²) in [4.78, 5) is 4.26. The molecule has 0 aliphatic heterocycles. The molecule has 2 heterocycles. The van der Waals surface area contributed by atoms with Crippen molar-refractivity contribution in [1.82, 2.24) is 14.1 Å². The molecule has 0 radical (unpaired) electrons. The van der Waals surface area contributed by atoms with E-state index in [2.05, 4.69) is 9.71 Å². The van der Waals surface area contributed by atoms with Gasteiger partial charge in [0.1, 0.15) is 16.4 Å². The molecule has 2 aromatic carbocycles. The first kappa shape index (κ1) is 22.0. The maximum absolute atomic E-state index is 14.7. The van der Waals surface area contributed by atoms with Crippen LogP contribution < -0.4 is 9.46 Å². The molecule has 166 valence electrons. The van der Waals surface area contributed by atoms with Crippen LogP contribution in [0.5, 0.6) is 5.88 Å². The fourth-order valence-corrected chi connectivity index (χ4v) is 5.28. The smallest absolute Gasteiger partial charge is 0.244 e. The molecule has 4 rings (SSSR count). The fourth-order valence-electron chi connectivity index (χ4n) is 3.57. The molecule has 0 spiro atoms. The number of ether oxygens (including phenoxy) is 1. The highest BCUT2D eigenvalue weighted by atomic mass is 32.2. The fraction of sp³-hybridized carbons (Fsp3) is 0.208. The van der Waals surface area contributed by atoms with Gasteiger partial charge < -0.3 is 4.74 Å². The Morgan fingerprint density at radius 3 is 2.28 bits per heavy atom. The Labute approximate surface area is 186 Å². The van der Waals surface area contributed by atoms with Crippen molar-refractivity contribution >= 4 is 15.7 Å². The lowest BCUT2D eigenvalue weighted by Crippen LogP contribution is -2.41. The number of sulfonamides is 1. The third-order valence-electron chi connectivity index (χ3n) is 4.83. The van der Waals surface area contributed by atoms with Gasteiger partial charge in [0.25, 0.3) is 0 Å². The Hall–Kier alpha value is -3.23. The zero-order chi connectivity index (χ0) is 23.1. The average Bonchev–Trinajstić information content (AvgIpc) is 3.16. The number of pyridine rings is 1. The lowest BCUT2D eigenvalue weighted by Gasteiger charge is -2.22. The molecular weight excluding hydrogens is 429 g/mol. The standard InChI is InChI=1S/C24H24FN3O3S/c1-24(2,3)27-32(29,30)23-18(7-5-8-19(23)25)16-11-13-17(14-12-16)20-15-28-21(26-20)9-6-10-22(28)31-4/h5-15,27H,1-4H3. The summed E-state index contributed by atoms with van der Waals surface area (Å²) in [6.45, 7) is 5.14. The van der Waals surface area contributed by atoms with Gasteiger partial charge in [-0.1, -0.05) is 42.5 Å². The SMILES string of the molecule is COc1cccc2nc(-c3ccc(-c4cccc(F)c4S(=O)(=O)NC(C)(C)C)cc3)cn12. The molecule has 1 N–H and O–H groups in total. The Morgan fingerprint density at radius 2 is 1.62 bits per heavy atom. The van der Waals surface area contributed by atoms with Gasteiger partial charge in [-0.25, -0.2) is 22.5 Å². The van der Waals surface area contributed by atoms with Crippen molar-refractivity contribution in [2.75, 3.05) is 7.11 Å². The zero-order valence-electron chi connectivity index (χ0n) is 18.3. The second-order valence-electron chi connectivity index (χ2n) is 8.47. The first-order valence-electron chi connectivity index (χ1n) is 10.0. The highest BCUT2D eigenvalue weighted by Crippen LogP contribution is 2.32. The Kier molecular flexibility index (Phi) is 5.52. The van der Waals surface area contributed by atoms with Gasteiger partial charge in [0.15, 0.2) is 5.88 Å². The van der Waals surface area contributed by atoms with Crippen LogP contribution in [0, 0.1) is 5.82 Å². The van der Waals surface area contributed by atoms with E-state index in [0.717, 1.165) is 23.0 Å². The molecule has 8 heteroatoms. The van der Waals surface area contributed by atoms with Crippen LogP contribution in [0.2, 0.25) is 0 Å². The predicted octanol–water partition coefficient (Wildman–Crippen LogP) is 4.89. The number of imidazole rings is 1. The van der Waals surface area contributed by atoms with Gasteiger partial charge in [0, 0.05) is 22.9 Å². The number of nitrogens with one attached hydrogen (secondary N) is 1. The van der Waals surface area contributed by atoms with E-state index < -0.39 is 21.4 Å². The third kappa shape index (κ3) is 4.24. The number of hydrogen-bond donors (Lipinski definition) is 1. The third-order valence-corrected chi connectivity index (χ3v) is 6.67. The molecule has 2 aromatic heterocycles. The van der Waals surface area contributed by atoms with E-state index in [4.69, 9.17) is 4.74 Å². The summed E-state index contributed by atoms with van der Waals surface area (Å²) >= 11 is 0. The molecule has 32 heavy (non-hydrogen) atoms. The Bertz CT molecular complexity index is 1390. The van der Waals surface area contributed by atoms with Crippen LogP contribution in [0.15, 0.2) is 71.8 Å². The maximum atomic E-state index is 14.7. The molecule has 6 nitrogen and oxygen atoms in total. The lowest BCUT2D eigenvalue weighted by atomic mass is 10.0. The number of benzene rings is 2. The molecule has 0 aliphatic rings. The van der Waals surface area contributed by atoms with E-state index in [1.54, 1.807) is 46.1 Å². The summed E-state index contributed by atoms with van der Waals surface area (Å²) in [6, 6.07) is 17.1. The first-order chi connectivity index (χ1) is 15.1. The van der Waals surface area contributed by atoms with Gasteiger partial charge in [-0.3, -0.25) is 4.40 Å². The van der Waals surface area contributed by atoms with Gasteiger partial charge in [-0.2, -0.15) is 0 Å². The Balaban J connectivity index is 1.76. The highest BCUT2D eigenvalue weighted by molar-refractivity contribution is 7.89. The summed E-state index contributed by atoms with van der Waals surface area (Å²) in [5.74, 6) is -0.130. The van der Waals surface area contributed by atoms with Crippen molar-refractivity contribution in [3.05, 3.63) is 72.7 Å². The van der Waals surface area contributed by atoms with Crippen molar-refractivity contribution in [3.63, 3.8) is 0 Å². The monoisotopic (exact) mass is 453 g/mol. The average molecular weight is 454 g/mol. The van der Waals surface area contributed by atoms with Crippen LogP contribution in [-0.2, 0) is 10.0 Å². The van der Waals surface area contributed by atoms with Gasteiger partial charge >= 0.3 is 0 Å². The topological polar surface area (TPSA) is 72.7 Å². The normalized spacial score (nSPS) is 12.3. The summed E-state index contributed by atoms with van der Waals surface area (Å²) in [7, 11) is -2.47. The molecule has 0 aliphatic carbocycles. The van der Waals surface area contributed by atoms with Crippen molar-refractivity contribution in [2.24, 2.45) is 0 Å². The van der Waals surface area contributed by atoms with Gasteiger partial charge in [-0.05, 0) is 44.5 Å². The van der Waals surface area contributed by atoms with E-state index in [1.165, 1.54) is 6.07 Å². The minimum atomic E-state index is -4.07. The number of rotatable bonds is 5. The quantitative estimate of drug-likeness (QED) is 0.467. The summed E-state index contributed by atoms with van der Waals surface area (Å²) < 4.78 is 50.3. The molecule has 0 fully saturated rings. The maximum Gasteiger partial charge on any atom is 0.244 e. The number of methoxy groups -OCH3 is 1. The minimum absolute atomic E-state index is 0.296. The molecule has 0 unspecified atom stereocenters. The predicted molar refractivity (Wildman–Crippen MR) is 123 cm³/mol. The van der Waals surface area contributed by atoms with Crippen molar-refractivity contribution in [1.29, 1.82) is 0 Å². The molecule has 0 saturated carbocycles. The highest BCUT2D eigenvalue weighted by Gasteiger charge is 2.28. The zero-order valence-corrected chi connectivity index (χ0v) is 19.1. The molecule has 0 amide bonds. The summed E-state index contributed by atoms with van der Waals surface area (Å²) in [5, 5.41) is 0. The largest absolute Gasteiger partial charge is 0.482 e. The molecule has 0 atom stereocenters. The number of fused-ring (bicyclic) bond motifs is 1. The number of nitrogens with zero attached hydrogens (tertiary/aromatic N) is 2. The second kappa shape index (κ2) is 8.03. The first-order valence-corrected chi connectivity index (χ1v) is 11.5. The molecule has 4 aromatic rings. The molecule has 0 bridgehead atoms. The van der Waals surface area contributed by atoms with Crippen LogP contribution in [0.4, 0.5) is 4.39 Å². The van der Waals surface area contributed by atoms with Crippen LogP contribution in [0.1, 0.15) is 20.8 Å². The Morgan fingerprint density at radius 1 is 0.969 bits per heavy atom. The lowest BCUT2D eigenvalue weighted by molar-refractivity contribution is 0.392. The summed E-state index contributed by atoms with van der Waals surface area (Å²) in [6.07, 6.45) is 1.87. The van der Waals surface area contributed by atoms with Crippen LogP contribution >= 0.6 is 0 Å². The van der Waals surface area contributed by atoms with Crippen LogP contribution in [0.3, 0.4) is 0 Å². The van der Waals surface area contributed by atoms with Crippen molar-refractivity contribution in [2.45, 2.75) is 31.2 Å². The number of aromatic nitrogens is 2. The van der Waals surface area contributed by atoms with E-state index in [0.29, 0.717) is 17.0 Å². The second-order valence-corrected chi connectivity index (χ2v) is 10.1. The van der Waals surface area contributed by atoms with E-state index >= 15 is 0 Å². The van der Waals surface area contributed by atoms with Crippen molar-refractivity contribution in [3.8, 4) is 28.3 Å². The van der Waals surface area contributed by atoms with Gasteiger partial charge in [-0.15, -0.1) is 0 Å². The minimum Gasteiger partial charge on any atom is -0.482 e. The van der Waals surface area contributed by atoms with Gasteiger partial charge in [0.2, 0.25) is 10.0 Å². The van der Waals surface area contributed by atoms with E-state index in [9.17, 15) is 12.8 Å².